The first-order valence-electron chi connectivity index (χ1n) is 7.40. The van der Waals surface area contributed by atoms with Crippen LogP contribution >= 0.6 is 0 Å². The number of hydrogen-bond donors (Lipinski definition) is 3. The largest absolute Gasteiger partial charge is 0.481 e. The van der Waals surface area contributed by atoms with Gasteiger partial charge in [-0.15, -0.1) is 0 Å². The Morgan fingerprint density at radius 2 is 1.80 bits per heavy atom. The molecule has 20 heavy (non-hydrogen) atoms. The summed E-state index contributed by atoms with van der Waals surface area (Å²) in [6.07, 6.45) is 2.89. The van der Waals surface area contributed by atoms with Crippen molar-refractivity contribution in [3.8, 4) is 0 Å². The summed E-state index contributed by atoms with van der Waals surface area (Å²) in [5.41, 5.74) is -0.857. The van der Waals surface area contributed by atoms with E-state index in [-0.39, 0.29) is 18.6 Å². The number of carbonyl (C=O) groups excluding carboxylic acids is 1. The number of likely N-dealkylation sites (tertiary alicyclic amines) is 1. The van der Waals surface area contributed by atoms with Crippen LogP contribution in [0.3, 0.4) is 0 Å². The monoisotopic (exact) mass is 285 g/mol. The molecule has 0 bridgehead atoms. The maximum Gasteiger partial charge on any atom is 0.315 e. The normalized spacial score (nSPS) is 17.8. The fourth-order valence-corrected chi connectivity index (χ4v) is 2.52. The molecule has 1 aliphatic heterocycles. The predicted molar refractivity (Wildman–Crippen MR) is 77.7 cm³/mol. The summed E-state index contributed by atoms with van der Waals surface area (Å²) in [5.74, 6) is -0.845. The molecule has 0 radical (unpaired) electrons. The van der Waals surface area contributed by atoms with Gasteiger partial charge in [-0.05, 0) is 45.8 Å². The van der Waals surface area contributed by atoms with Gasteiger partial charge in [0.25, 0.3) is 0 Å². The van der Waals surface area contributed by atoms with Crippen LogP contribution in [-0.2, 0) is 4.79 Å². The Balaban J connectivity index is 2.40. The van der Waals surface area contributed by atoms with Crippen LogP contribution in [0.1, 0.15) is 39.5 Å². The summed E-state index contributed by atoms with van der Waals surface area (Å²) >= 11 is 0. The van der Waals surface area contributed by atoms with Crippen molar-refractivity contribution in [1.29, 1.82) is 0 Å². The molecule has 3 N–H and O–H groups in total. The van der Waals surface area contributed by atoms with Gasteiger partial charge in [-0.25, -0.2) is 4.79 Å². The third-order valence-corrected chi connectivity index (χ3v) is 4.45. The number of amides is 2. The van der Waals surface area contributed by atoms with Crippen LogP contribution in [-0.4, -0.2) is 54.7 Å². The van der Waals surface area contributed by atoms with Gasteiger partial charge in [-0.1, -0.05) is 13.8 Å². The molecular formula is C14H27N3O3. The van der Waals surface area contributed by atoms with Crippen molar-refractivity contribution >= 4 is 12.0 Å². The van der Waals surface area contributed by atoms with Crippen molar-refractivity contribution in [3.63, 3.8) is 0 Å². The van der Waals surface area contributed by atoms with E-state index in [2.05, 4.69) is 22.6 Å². The molecule has 1 rings (SSSR count). The zero-order chi connectivity index (χ0) is 15.2. The molecular weight excluding hydrogens is 258 g/mol. The zero-order valence-electron chi connectivity index (χ0n) is 12.7. The van der Waals surface area contributed by atoms with E-state index in [4.69, 9.17) is 0 Å². The second-order valence-electron chi connectivity index (χ2n) is 5.70. The van der Waals surface area contributed by atoms with Gasteiger partial charge in [0.2, 0.25) is 0 Å². The van der Waals surface area contributed by atoms with Crippen LogP contribution in [0.25, 0.3) is 0 Å². The molecule has 1 fully saturated rings. The van der Waals surface area contributed by atoms with Crippen molar-refractivity contribution in [1.82, 2.24) is 15.5 Å². The number of urea groups is 1. The summed E-state index contributed by atoms with van der Waals surface area (Å²) in [5, 5.41) is 15.0. The number of aliphatic carboxylic acids is 1. The maximum atomic E-state index is 11.9. The van der Waals surface area contributed by atoms with E-state index in [1.807, 2.05) is 13.8 Å². The van der Waals surface area contributed by atoms with Gasteiger partial charge in [-0.2, -0.15) is 0 Å². The van der Waals surface area contributed by atoms with E-state index in [1.165, 1.54) is 0 Å². The summed E-state index contributed by atoms with van der Waals surface area (Å²) < 4.78 is 0. The average molecular weight is 285 g/mol. The lowest BCUT2D eigenvalue weighted by atomic mass is 9.82. The summed E-state index contributed by atoms with van der Waals surface area (Å²) in [7, 11) is 2.07. The molecule has 6 heteroatoms. The molecule has 0 aromatic carbocycles. The lowest BCUT2D eigenvalue weighted by Crippen LogP contribution is -2.50. The molecule has 0 atom stereocenters. The lowest BCUT2D eigenvalue weighted by Gasteiger charge is -2.30. The number of rotatable bonds is 6. The van der Waals surface area contributed by atoms with Gasteiger partial charge < -0.3 is 20.6 Å². The summed E-state index contributed by atoms with van der Waals surface area (Å²) in [6.45, 7) is 5.82. The SMILES string of the molecule is CCC(CC)(CNC(=O)NC1CCN(C)CC1)C(=O)O. The first-order chi connectivity index (χ1) is 9.43. The summed E-state index contributed by atoms with van der Waals surface area (Å²) in [4.78, 5) is 25.4. The van der Waals surface area contributed by atoms with E-state index in [1.54, 1.807) is 0 Å². The van der Waals surface area contributed by atoms with Gasteiger partial charge >= 0.3 is 12.0 Å². The third-order valence-electron chi connectivity index (χ3n) is 4.45. The molecule has 1 saturated heterocycles. The molecule has 1 heterocycles. The van der Waals surface area contributed by atoms with Crippen LogP contribution in [0.4, 0.5) is 4.79 Å². The first-order valence-corrected chi connectivity index (χ1v) is 7.40. The minimum atomic E-state index is -0.857. The topological polar surface area (TPSA) is 81.7 Å². The fourth-order valence-electron chi connectivity index (χ4n) is 2.52. The first kappa shape index (κ1) is 16.8. The van der Waals surface area contributed by atoms with Crippen LogP contribution < -0.4 is 10.6 Å². The molecule has 116 valence electrons. The second kappa shape index (κ2) is 7.47. The highest BCUT2D eigenvalue weighted by Crippen LogP contribution is 2.25. The van der Waals surface area contributed by atoms with Gasteiger partial charge in [0.1, 0.15) is 0 Å². The van der Waals surface area contributed by atoms with E-state index >= 15 is 0 Å². The molecule has 6 nitrogen and oxygen atoms in total. The molecule has 0 aliphatic carbocycles. The molecule has 0 saturated carbocycles. The summed E-state index contributed by atoms with van der Waals surface area (Å²) in [6, 6.07) is -0.0687. The highest BCUT2D eigenvalue weighted by atomic mass is 16.4. The van der Waals surface area contributed by atoms with Crippen LogP contribution in [0.15, 0.2) is 0 Å². The smallest absolute Gasteiger partial charge is 0.315 e. The standard InChI is InChI=1S/C14H27N3O3/c1-4-14(5-2,12(18)19)10-15-13(20)16-11-6-8-17(3)9-7-11/h11H,4-10H2,1-3H3,(H,18,19)(H2,15,16,20). The zero-order valence-corrected chi connectivity index (χ0v) is 12.7. The van der Waals surface area contributed by atoms with Crippen molar-refractivity contribution in [2.75, 3.05) is 26.7 Å². The quantitative estimate of drug-likeness (QED) is 0.686. The van der Waals surface area contributed by atoms with Gasteiger partial charge in [0.05, 0.1) is 5.41 Å². The van der Waals surface area contributed by atoms with Crippen LogP contribution in [0.2, 0.25) is 0 Å². The van der Waals surface area contributed by atoms with Crippen molar-refractivity contribution in [2.45, 2.75) is 45.6 Å². The Morgan fingerprint density at radius 3 is 2.25 bits per heavy atom. The molecule has 0 aromatic heterocycles. The van der Waals surface area contributed by atoms with E-state index in [0.29, 0.717) is 12.8 Å². The highest BCUT2D eigenvalue weighted by Gasteiger charge is 2.35. The third kappa shape index (κ3) is 4.37. The molecule has 2 amide bonds. The number of nitrogens with one attached hydrogen (secondary N) is 2. The van der Waals surface area contributed by atoms with Crippen LogP contribution in [0, 0.1) is 5.41 Å². The van der Waals surface area contributed by atoms with E-state index in [9.17, 15) is 14.7 Å². The Morgan fingerprint density at radius 1 is 1.25 bits per heavy atom. The second-order valence-corrected chi connectivity index (χ2v) is 5.70. The number of hydrogen-bond acceptors (Lipinski definition) is 3. The minimum absolute atomic E-state index is 0.174. The Labute approximate surface area is 120 Å². The highest BCUT2D eigenvalue weighted by molar-refractivity contribution is 5.78. The molecule has 0 unspecified atom stereocenters. The van der Waals surface area contributed by atoms with Gasteiger partial charge in [0, 0.05) is 12.6 Å². The minimum Gasteiger partial charge on any atom is -0.481 e. The fraction of sp³-hybridized carbons (Fsp3) is 0.857. The van der Waals surface area contributed by atoms with Crippen molar-refractivity contribution < 1.29 is 14.7 Å². The van der Waals surface area contributed by atoms with E-state index < -0.39 is 11.4 Å². The van der Waals surface area contributed by atoms with Crippen LogP contribution in [0.5, 0.6) is 0 Å². The molecule has 0 spiro atoms. The molecule has 1 aliphatic rings. The average Bonchev–Trinajstić information content (AvgIpc) is 2.43. The maximum absolute atomic E-state index is 11.9. The Kier molecular flexibility index (Phi) is 6.26. The van der Waals surface area contributed by atoms with E-state index in [0.717, 1.165) is 25.9 Å². The number of carbonyl (C=O) groups is 2. The number of carboxylic acid groups (broad SMARTS) is 1. The Hall–Kier alpha value is -1.30. The van der Waals surface area contributed by atoms with Gasteiger partial charge in [-0.3, -0.25) is 4.79 Å². The van der Waals surface area contributed by atoms with Crippen molar-refractivity contribution in [3.05, 3.63) is 0 Å². The Bertz CT molecular complexity index is 335. The van der Waals surface area contributed by atoms with Gasteiger partial charge in [0.15, 0.2) is 0 Å². The number of nitrogens with zero attached hydrogens (tertiary/aromatic N) is 1. The predicted octanol–water partition coefficient (Wildman–Crippen LogP) is 1.27. The number of carboxylic acids is 1. The lowest BCUT2D eigenvalue weighted by molar-refractivity contribution is -0.149. The number of piperidine rings is 1. The molecule has 0 aromatic rings. The van der Waals surface area contributed by atoms with Crippen molar-refractivity contribution in [2.24, 2.45) is 5.41 Å².